The second-order valence-electron chi connectivity index (χ2n) is 7.08. The molecular weight excluding hydrogens is 296 g/mol. The van der Waals surface area contributed by atoms with E-state index in [2.05, 4.69) is 50.7 Å². The lowest BCUT2D eigenvalue weighted by molar-refractivity contribution is 0.146. The van der Waals surface area contributed by atoms with Crippen molar-refractivity contribution in [2.24, 2.45) is 0 Å². The zero-order chi connectivity index (χ0) is 16.4. The summed E-state index contributed by atoms with van der Waals surface area (Å²) in [4.78, 5) is 2.72. The van der Waals surface area contributed by atoms with E-state index >= 15 is 0 Å². The van der Waals surface area contributed by atoms with Crippen molar-refractivity contribution in [2.75, 3.05) is 18.4 Å². The maximum absolute atomic E-state index is 4.34. The van der Waals surface area contributed by atoms with E-state index < -0.39 is 0 Å². The van der Waals surface area contributed by atoms with Crippen molar-refractivity contribution >= 4 is 5.82 Å². The van der Waals surface area contributed by atoms with E-state index in [1.807, 2.05) is 13.0 Å². The van der Waals surface area contributed by atoms with Crippen molar-refractivity contribution in [2.45, 2.75) is 51.1 Å². The van der Waals surface area contributed by atoms with Crippen molar-refractivity contribution in [3.05, 3.63) is 42.1 Å². The monoisotopic (exact) mass is 322 g/mol. The molecule has 1 aromatic carbocycles. The molecule has 3 heterocycles. The smallest absolute Gasteiger partial charge is 0.149 e. The van der Waals surface area contributed by atoms with Gasteiger partial charge in [-0.05, 0) is 44.2 Å². The van der Waals surface area contributed by atoms with Gasteiger partial charge >= 0.3 is 0 Å². The number of benzene rings is 1. The second-order valence-corrected chi connectivity index (χ2v) is 7.08. The van der Waals surface area contributed by atoms with Crippen LogP contribution in [0.1, 0.15) is 37.8 Å². The van der Waals surface area contributed by atoms with E-state index in [4.69, 9.17) is 0 Å². The van der Waals surface area contributed by atoms with Gasteiger partial charge < -0.3 is 5.32 Å². The summed E-state index contributed by atoms with van der Waals surface area (Å²) in [6, 6.07) is 14.2. The Morgan fingerprint density at radius 1 is 1.04 bits per heavy atom. The lowest BCUT2D eigenvalue weighted by Gasteiger charge is -2.34. The third-order valence-electron chi connectivity index (χ3n) is 5.59. The number of hydrogen-bond donors (Lipinski definition) is 1. The molecule has 2 fully saturated rings. The van der Waals surface area contributed by atoms with Gasteiger partial charge in [-0.2, -0.15) is 5.10 Å². The number of piperidine rings is 1. The highest BCUT2D eigenvalue weighted by atomic mass is 15.2. The first-order valence-corrected chi connectivity index (χ1v) is 9.20. The highest BCUT2D eigenvalue weighted by Gasteiger charge is 2.35. The predicted molar refractivity (Wildman–Crippen MR) is 98.1 cm³/mol. The molecule has 24 heavy (non-hydrogen) atoms. The van der Waals surface area contributed by atoms with Crippen LogP contribution in [0.3, 0.4) is 0 Å². The summed E-state index contributed by atoms with van der Waals surface area (Å²) in [6.45, 7) is 4.08. The first-order valence-electron chi connectivity index (χ1n) is 9.20. The fourth-order valence-electron chi connectivity index (χ4n) is 4.35. The first-order chi connectivity index (χ1) is 11.8. The molecule has 2 unspecified atom stereocenters. The molecule has 126 valence electrons. The van der Waals surface area contributed by atoms with Gasteiger partial charge in [-0.25, -0.2) is 0 Å². The van der Waals surface area contributed by atoms with Crippen LogP contribution in [-0.4, -0.2) is 40.3 Å². The van der Waals surface area contributed by atoms with Gasteiger partial charge in [0.15, 0.2) is 0 Å². The van der Waals surface area contributed by atoms with Gasteiger partial charge in [-0.1, -0.05) is 36.8 Å². The Kier molecular flexibility index (Phi) is 4.48. The second kappa shape index (κ2) is 6.89. The number of aromatic nitrogens is 2. The maximum Gasteiger partial charge on any atom is 0.149 e. The number of fused-ring (bicyclic) bond motifs is 2. The van der Waals surface area contributed by atoms with Crippen LogP contribution in [0, 0.1) is 6.92 Å². The Hall–Kier alpha value is -1.94. The van der Waals surface area contributed by atoms with Gasteiger partial charge in [0.05, 0.1) is 5.69 Å². The third kappa shape index (κ3) is 3.16. The van der Waals surface area contributed by atoms with Crippen molar-refractivity contribution in [3.63, 3.8) is 0 Å². The number of anilines is 1. The molecule has 0 radical (unpaired) electrons. The molecule has 4 rings (SSSR count). The molecule has 2 aliphatic rings. The molecule has 4 nitrogen and oxygen atoms in total. The Bertz CT molecular complexity index is 669. The van der Waals surface area contributed by atoms with Gasteiger partial charge in [0, 0.05) is 30.7 Å². The van der Waals surface area contributed by atoms with Gasteiger partial charge in [0.2, 0.25) is 0 Å². The third-order valence-corrected chi connectivity index (χ3v) is 5.59. The predicted octanol–water partition coefficient (Wildman–Crippen LogP) is 3.88. The summed E-state index contributed by atoms with van der Waals surface area (Å²) in [6.07, 6.45) is 6.99. The van der Waals surface area contributed by atoms with Crippen LogP contribution >= 0.6 is 0 Å². The molecule has 0 amide bonds. The van der Waals surface area contributed by atoms with E-state index in [1.54, 1.807) is 0 Å². The van der Waals surface area contributed by atoms with E-state index in [-0.39, 0.29) is 0 Å². The molecule has 0 saturated carbocycles. The van der Waals surface area contributed by atoms with Crippen LogP contribution in [-0.2, 0) is 0 Å². The molecule has 2 bridgehead atoms. The molecule has 4 heteroatoms. The highest BCUT2D eigenvalue weighted by molar-refractivity contribution is 5.68. The van der Waals surface area contributed by atoms with Crippen LogP contribution in [0.25, 0.3) is 11.1 Å². The standard InChI is InChI=1S/C20H26N4/c1-15-19(16-6-3-2-4-7-16)14-20(23-22-15)21-12-13-24-17-8-5-9-18(24)11-10-17/h2-4,6-7,14,17-18H,5,8-13H2,1H3,(H,21,23). The zero-order valence-corrected chi connectivity index (χ0v) is 14.4. The Labute approximate surface area is 144 Å². The summed E-state index contributed by atoms with van der Waals surface area (Å²) in [5.74, 6) is 0.879. The number of hydrogen-bond acceptors (Lipinski definition) is 4. The lowest BCUT2D eigenvalue weighted by Crippen LogP contribution is -2.42. The van der Waals surface area contributed by atoms with Gasteiger partial charge in [-0.3, -0.25) is 4.90 Å². The van der Waals surface area contributed by atoms with Crippen LogP contribution in [0.15, 0.2) is 36.4 Å². The van der Waals surface area contributed by atoms with Crippen molar-refractivity contribution in [1.29, 1.82) is 0 Å². The molecule has 2 atom stereocenters. The van der Waals surface area contributed by atoms with Gasteiger partial charge in [0.1, 0.15) is 5.82 Å². The Balaban J connectivity index is 1.40. The van der Waals surface area contributed by atoms with Crippen molar-refractivity contribution < 1.29 is 0 Å². The molecule has 1 aromatic heterocycles. The lowest BCUT2D eigenvalue weighted by atomic mass is 10.0. The zero-order valence-electron chi connectivity index (χ0n) is 14.4. The van der Waals surface area contributed by atoms with Crippen molar-refractivity contribution in [1.82, 2.24) is 15.1 Å². The Morgan fingerprint density at radius 2 is 1.79 bits per heavy atom. The summed E-state index contributed by atoms with van der Waals surface area (Å²) < 4.78 is 0. The van der Waals surface area contributed by atoms with Crippen LogP contribution in [0.2, 0.25) is 0 Å². The molecular formula is C20H26N4. The average molecular weight is 322 g/mol. The highest BCUT2D eigenvalue weighted by Crippen LogP contribution is 2.35. The average Bonchev–Trinajstić information content (AvgIpc) is 2.84. The Morgan fingerprint density at radius 3 is 2.54 bits per heavy atom. The van der Waals surface area contributed by atoms with Crippen LogP contribution < -0.4 is 5.32 Å². The normalized spacial score (nSPS) is 23.4. The van der Waals surface area contributed by atoms with Crippen LogP contribution in [0.5, 0.6) is 0 Å². The van der Waals surface area contributed by atoms with Gasteiger partial charge in [-0.15, -0.1) is 5.10 Å². The maximum atomic E-state index is 4.34. The summed E-state index contributed by atoms with van der Waals surface area (Å²) >= 11 is 0. The summed E-state index contributed by atoms with van der Waals surface area (Å²) in [5.41, 5.74) is 3.33. The number of rotatable bonds is 5. The van der Waals surface area contributed by atoms with E-state index in [0.717, 1.165) is 42.2 Å². The number of aryl methyl sites for hydroxylation is 1. The van der Waals surface area contributed by atoms with Crippen LogP contribution in [0.4, 0.5) is 5.82 Å². The SMILES string of the molecule is Cc1nnc(NCCN2C3CCCC2CC3)cc1-c1ccccc1. The molecule has 2 aliphatic heterocycles. The molecule has 1 N–H and O–H groups in total. The van der Waals surface area contributed by atoms with Crippen molar-refractivity contribution in [3.8, 4) is 11.1 Å². The fourth-order valence-corrected chi connectivity index (χ4v) is 4.35. The first kappa shape index (κ1) is 15.6. The number of nitrogens with one attached hydrogen (secondary N) is 1. The topological polar surface area (TPSA) is 41.1 Å². The minimum Gasteiger partial charge on any atom is -0.367 e. The largest absolute Gasteiger partial charge is 0.367 e. The molecule has 0 aliphatic carbocycles. The fraction of sp³-hybridized carbons (Fsp3) is 0.500. The number of nitrogens with zero attached hydrogens (tertiary/aromatic N) is 3. The minimum atomic E-state index is 0.828. The molecule has 2 saturated heterocycles. The van der Waals surface area contributed by atoms with Gasteiger partial charge in [0.25, 0.3) is 0 Å². The molecule has 2 aromatic rings. The van der Waals surface area contributed by atoms with E-state index in [1.165, 1.54) is 37.7 Å². The molecule has 0 spiro atoms. The summed E-state index contributed by atoms with van der Waals surface area (Å²) in [5, 5.41) is 12.1. The quantitative estimate of drug-likeness (QED) is 0.907. The minimum absolute atomic E-state index is 0.828. The van der Waals surface area contributed by atoms with E-state index in [9.17, 15) is 0 Å². The van der Waals surface area contributed by atoms with E-state index in [0.29, 0.717) is 0 Å². The summed E-state index contributed by atoms with van der Waals surface area (Å²) in [7, 11) is 0.